The molecule has 1 unspecified atom stereocenters. The first-order chi connectivity index (χ1) is 13.4. The third-order valence-electron chi connectivity index (χ3n) is 3.84. The minimum absolute atomic E-state index is 0.0205. The third kappa shape index (κ3) is 8.00. The smallest absolute Gasteiger partial charge is 0.422 e. The van der Waals surface area contributed by atoms with Crippen LogP contribution < -0.4 is 10.1 Å². The molecule has 1 heterocycles. The highest BCUT2D eigenvalue weighted by atomic mass is 19.4. The van der Waals surface area contributed by atoms with Gasteiger partial charge in [-0.1, -0.05) is 24.3 Å². The van der Waals surface area contributed by atoms with Crippen LogP contribution in [0.2, 0.25) is 0 Å². The van der Waals surface area contributed by atoms with Gasteiger partial charge in [0.2, 0.25) is 5.91 Å². The standard InChI is InChI=1S/C19H18F6N2O2/c1-12(16-7-6-15(10-26-16)29-11-19(23,24)25)27-17(28)8-13-4-2-3-5-14(13)9-18(20,21)22/h2-7,10,12H,8-9,11H2,1H3,(H,27,28). The fourth-order valence-corrected chi connectivity index (χ4v) is 2.56. The van der Waals surface area contributed by atoms with E-state index >= 15 is 0 Å². The van der Waals surface area contributed by atoms with Crippen LogP contribution in [0.15, 0.2) is 42.6 Å². The lowest BCUT2D eigenvalue weighted by Crippen LogP contribution is -2.29. The fraction of sp³-hybridized carbons (Fsp3) is 0.368. The number of hydrogen-bond donors (Lipinski definition) is 1. The van der Waals surface area contributed by atoms with E-state index < -0.39 is 37.3 Å². The molecule has 29 heavy (non-hydrogen) atoms. The number of carbonyl (C=O) groups excluding carboxylic acids is 1. The van der Waals surface area contributed by atoms with Gasteiger partial charge >= 0.3 is 12.4 Å². The Morgan fingerprint density at radius 1 is 1.03 bits per heavy atom. The molecule has 1 amide bonds. The number of rotatable bonds is 7. The van der Waals surface area contributed by atoms with Gasteiger partial charge in [-0.25, -0.2) is 0 Å². The number of nitrogens with zero attached hydrogens (tertiary/aromatic N) is 1. The molecule has 0 aliphatic rings. The Labute approximate surface area is 162 Å². The summed E-state index contributed by atoms with van der Waals surface area (Å²) in [4.78, 5) is 16.2. The summed E-state index contributed by atoms with van der Waals surface area (Å²) in [5.41, 5.74) is 0.645. The van der Waals surface area contributed by atoms with E-state index in [0.29, 0.717) is 5.69 Å². The molecule has 0 bridgehead atoms. The molecule has 0 spiro atoms. The Hall–Kier alpha value is -2.78. The quantitative estimate of drug-likeness (QED) is 0.669. The minimum Gasteiger partial charge on any atom is -0.483 e. The molecular weight excluding hydrogens is 402 g/mol. The van der Waals surface area contributed by atoms with E-state index in [0.717, 1.165) is 6.20 Å². The highest BCUT2D eigenvalue weighted by Gasteiger charge is 2.29. The van der Waals surface area contributed by atoms with Crippen molar-refractivity contribution in [2.24, 2.45) is 0 Å². The van der Waals surface area contributed by atoms with E-state index in [-0.39, 0.29) is 23.3 Å². The summed E-state index contributed by atoms with van der Waals surface area (Å²) in [6.07, 6.45) is -9.14. The zero-order valence-electron chi connectivity index (χ0n) is 15.3. The Balaban J connectivity index is 1.96. The lowest BCUT2D eigenvalue weighted by atomic mass is 10.0. The maximum Gasteiger partial charge on any atom is 0.422 e. The molecule has 0 radical (unpaired) electrons. The highest BCUT2D eigenvalue weighted by Crippen LogP contribution is 2.24. The maximum absolute atomic E-state index is 12.7. The minimum atomic E-state index is -4.47. The maximum atomic E-state index is 12.7. The van der Waals surface area contributed by atoms with Gasteiger partial charge in [-0.2, -0.15) is 26.3 Å². The number of hydrogen-bond acceptors (Lipinski definition) is 3. The Morgan fingerprint density at radius 2 is 1.69 bits per heavy atom. The molecular formula is C19H18F6N2O2. The van der Waals surface area contributed by atoms with Crippen molar-refractivity contribution in [3.8, 4) is 5.75 Å². The van der Waals surface area contributed by atoms with Gasteiger partial charge < -0.3 is 10.1 Å². The van der Waals surface area contributed by atoms with Gasteiger partial charge in [-0.15, -0.1) is 0 Å². The van der Waals surface area contributed by atoms with Crippen LogP contribution >= 0.6 is 0 Å². The van der Waals surface area contributed by atoms with Crippen LogP contribution in [-0.4, -0.2) is 29.9 Å². The van der Waals surface area contributed by atoms with E-state index in [2.05, 4.69) is 15.0 Å². The SMILES string of the molecule is CC(NC(=O)Cc1ccccc1CC(F)(F)F)c1ccc(OCC(F)(F)F)cn1. The van der Waals surface area contributed by atoms with Gasteiger partial charge in [0.05, 0.1) is 30.8 Å². The zero-order chi connectivity index (χ0) is 21.7. The number of carbonyl (C=O) groups is 1. The van der Waals surface area contributed by atoms with Gasteiger partial charge in [0, 0.05) is 0 Å². The normalized spacial score (nSPS) is 13.1. The summed E-state index contributed by atoms with van der Waals surface area (Å²) in [5, 5.41) is 2.61. The first kappa shape index (κ1) is 22.5. The summed E-state index contributed by atoms with van der Waals surface area (Å²) in [7, 11) is 0. The van der Waals surface area contributed by atoms with Crippen molar-refractivity contribution in [1.29, 1.82) is 0 Å². The van der Waals surface area contributed by atoms with Crippen LogP contribution in [0.4, 0.5) is 26.3 Å². The second-order valence-corrected chi connectivity index (χ2v) is 6.35. The van der Waals surface area contributed by atoms with Gasteiger partial charge in [0.25, 0.3) is 0 Å². The van der Waals surface area contributed by atoms with E-state index in [9.17, 15) is 31.1 Å². The number of alkyl halides is 6. The van der Waals surface area contributed by atoms with E-state index in [4.69, 9.17) is 0 Å². The molecule has 2 rings (SSSR count). The van der Waals surface area contributed by atoms with Crippen LogP contribution in [0.3, 0.4) is 0 Å². The summed E-state index contributed by atoms with van der Waals surface area (Å²) in [5.74, 6) is -0.586. The zero-order valence-corrected chi connectivity index (χ0v) is 15.3. The van der Waals surface area contributed by atoms with Crippen molar-refractivity contribution in [3.63, 3.8) is 0 Å². The van der Waals surface area contributed by atoms with Crippen molar-refractivity contribution in [3.05, 3.63) is 59.4 Å². The topological polar surface area (TPSA) is 51.2 Å². The molecule has 1 atom stereocenters. The number of benzene rings is 1. The van der Waals surface area contributed by atoms with Gasteiger partial charge in [-0.3, -0.25) is 9.78 Å². The van der Waals surface area contributed by atoms with E-state index in [1.165, 1.54) is 30.3 Å². The molecule has 0 saturated carbocycles. The number of aromatic nitrogens is 1. The van der Waals surface area contributed by atoms with Crippen LogP contribution in [0, 0.1) is 0 Å². The van der Waals surface area contributed by atoms with Gasteiger partial charge in [0.15, 0.2) is 6.61 Å². The van der Waals surface area contributed by atoms with E-state index in [1.54, 1.807) is 13.0 Å². The van der Waals surface area contributed by atoms with Crippen LogP contribution in [0.5, 0.6) is 5.75 Å². The number of amides is 1. The first-order valence-corrected chi connectivity index (χ1v) is 8.51. The van der Waals surface area contributed by atoms with Crippen molar-refractivity contribution in [1.82, 2.24) is 10.3 Å². The number of nitrogens with one attached hydrogen (secondary N) is 1. The lowest BCUT2D eigenvalue weighted by Gasteiger charge is -2.16. The van der Waals surface area contributed by atoms with Crippen LogP contribution in [0.25, 0.3) is 0 Å². The molecule has 2 aromatic rings. The molecule has 0 fully saturated rings. The Bertz CT molecular complexity index is 819. The van der Waals surface area contributed by atoms with Crippen LogP contribution in [0.1, 0.15) is 29.8 Å². The van der Waals surface area contributed by atoms with Crippen molar-refractivity contribution >= 4 is 5.91 Å². The highest BCUT2D eigenvalue weighted by molar-refractivity contribution is 5.79. The largest absolute Gasteiger partial charge is 0.483 e. The molecule has 0 saturated heterocycles. The predicted molar refractivity (Wildman–Crippen MR) is 92.2 cm³/mol. The second-order valence-electron chi connectivity index (χ2n) is 6.35. The molecule has 0 aliphatic heterocycles. The number of halogens is 6. The lowest BCUT2D eigenvalue weighted by molar-refractivity contribution is -0.153. The third-order valence-corrected chi connectivity index (χ3v) is 3.84. The monoisotopic (exact) mass is 420 g/mol. The second kappa shape index (κ2) is 9.15. The Kier molecular flexibility index (Phi) is 7.10. The van der Waals surface area contributed by atoms with Gasteiger partial charge in [0.1, 0.15) is 5.75 Å². The van der Waals surface area contributed by atoms with Crippen molar-refractivity contribution in [2.75, 3.05) is 6.61 Å². The molecule has 0 aliphatic carbocycles. The number of ether oxygens (including phenoxy) is 1. The van der Waals surface area contributed by atoms with Crippen molar-refractivity contribution < 1.29 is 35.9 Å². The molecule has 1 aromatic heterocycles. The summed E-state index contributed by atoms with van der Waals surface area (Å²) >= 11 is 0. The molecule has 1 N–H and O–H groups in total. The summed E-state index contributed by atoms with van der Waals surface area (Å²) < 4.78 is 78.9. The Morgan fingerprint density at radius 3 is 2.24 bits per heavy atom. The molecule has 4 nitrogen and oxygen atoms in total. The average molecular weight is 420 g/mol. The van der Waals surface area contributed by atoms with Crippen LogP contribution in [-0.2, 0) is 17.6 Å². The number of pyridine rings is 1. The predicted octanol–water partition coefficient (Wildman–Crippen LogP) is 4.55. The molecule has 1 aromatic carbocycles. The van der Waals surface area contributed by atoms with Gasteiger partial charge in [-0.05, 0) is 30.2 Å². The summed E-state index contributed by atoms with van der Waals surface area (Å²) in [6, 6.07) is 7.87. The average Bonchev–Trinajstić information content (AvgIpc) is 2.60. The van der Waals surface area contributed by atoms with E-state index in [1.807, 2.05) is 0 Å². The summed E-state index contributed by atoms with van der Waals surface area (Å²) in [6.45, 7) is 0.149. The molecule has 158 valence electrons. The molecule has 10 heteroatoms. The van der Waals surface area contributed by atoms with Crippen molar-refractivity contribution in [2.45, 2.75) is 38.2 Å². The first-order valence-electron chi connectivity index (χ1n) is 8.51. The fourth-order valence-electron chi connectivity index (χ4n) is 2.56.